The van der Waals surface area contributed by atoms with E-state index in [4.69, 9.17) is 0 Å². The molecule has 0 saturated heterocycles. The van der Waals surface area contributed by atoms with Crippen LogP contribution >= 0.6 is 15.9 Å². The van der Waals surface area contributed by atoms with Crippen LogP contribution in [-0.2, 0) is 16.4 Å². The predicted octanol–water partition coefficient (Wildman–Crippen LogP) is 5.24. The summed E-state index contributed by atoms with van der Waals surface area (Å²) in [7, 11) is -3.68. The topological polar surface area (TPSA) is 52.0 Å². The van der Waals surface area contributed by atoms with E-state index in [9.17, 15) is 8.42 Å². The summed E-state index contributed by atoms with van der Waals surface area (Å²) < 4.78 is 28.4. The Labute approximate surface area is 158 Å². The second kappa shape index (κ2) is 7.70. The van der Waals surface area contributed by atoms with Crippen LogP contribution in [0.5, 0.6) is 0 Å². The molecule has 25 heavy (non-hydrogen) atoms. The minimum absolute atomic E-state index is 0.340. The molecule has 0 unspecified atom stereocenters. The largest absolute Gasteiger partial charge is 0.269 e. The molecule has 4 nitrogen and oxygen atoms in total. The molecule has 6 heteroatoms. The Bertz CT molecular complexity index is 1010. The highest BCUT2D eigenvalue weighted by Gasteiger charge is 2.23. The first-order valence-electron chi connectivity index (χ1n) is 8.33. The highest BCUT2D eigenvalue weighted by atomic mass is 79.9. The molecule has 3 rings (SSSR count). The summed E-state index contributed by atoms with van der Waals surface area (Å²) >= 11 is 3.38. The molecule has 2 aromatic heterocycles. The van der Waals surface area contributed by atoms with Crippen LogP contribution in [0, 0.1) is 13.8 Å². The fraction of sp³-hybridized carbons (Fsp3) is 0.316. The highest BCUT2D eigenvalue weighted by Crippen LogP contribution is 2.28. The van der Waals surface area contributed by atoms with Crippen LogP contribution in [0.3, 0.4) is 0 Å². The van der Waals surface area contributed by atoms with Crippen molar-refractivity contribution in [2.24, 2.45) is 0 Å². The van der Waals surface area contributed by atoms with E-state index in [2.05, 4.69) is 20.9 Å². The molecular formula is C19H23BrN2O2S. The average molecular weight is 423 g/mol. The van der Waals surface area contributed by atoms with E-state index in [1.165, 1.54) is 3.97 Å². The van der Waals surface area contributed by atoms with Gasteiger partial charge in [-0.1, -0.05) is 38.5 Å². The molecule has 0 amide bonds. The van der Waals surface area contributed by atoms with Crippen molar-refractivity contribution >= 4 is 37.0 Å². The molecule has 0 fully saturated rings. The first-order valence-corrected chi connectivity index (χ1v) is 10.6. The zero-order valence-corrected chi connectivity index (χ0v) is 17.6. The second-order valence-corrected chi connectivity index (χ2v) is 8.30. The molecule has 0 spiro atoms. The van der Waals surface area contributed by atoms with Gasteiger partial charge in [-0.2, -0.15) is 0 Å². The van der Waals surface area contributed by atoms with E-state index in [1.807, 2.05) is 52.8 Å². The summed E-state index contributed by atoms with van der Waals surface area (Å²) in [6, 6.07) is 7.33. The van der Waals surface area contributed by atoms with Gasteiger partial charge in [0.2, 0.25) is 0 Å². The number of aryl methyl sites for hydroxylation is 3. The quantitative estimate of drug-likeness (QED) is 0.579. The molecule has 0 aliphatic heterocycles. The third-order valence-electron chi connectivity index (χ3n) is 3.91. The van der Waals surface area contributed by atoms with Gasteiger partial charge < -0.3 is 0 Å². The first-order chi connectivity index (χ1) is 11.8. The number of rotatable bonds is 3. The van der Waals surface area contributed by atoms with Gasteiger partial charge in [-0.3, -0.25) is 0 Å². The molecule has 0 aliphatic carbocycles. The van der Waals surface area contributed by atoms with Gasteiger partial charge in [0, 0.05) is 22.3 Å². The van der Waals surface area contributed by atoms with Gasteiger partial charge in [0.25, 0.3) is 10.0 Å². The molecule has 2 heterocycles. The van der Waals surface area contributed by atoms with E-state index in [0.29, 0.717) is 17.0 Å². The summed E-state index contributed by atoms with van der Waals surface area (Å²) in [6.07, 6.45) is 3.91. The Kier molecular flexibility index (Phi) is 6.06. The molecule has 1 aromatic carbocycles. The van der Waals surface area contributed by atoms with Gasteiger partial charge in [-0.05, 0) is 59.5 Å². The van der Waals surface area contributed by atoms with Crippen molar-refractivity contribution in [1.82, 2.24) is 8.96 Å². The number of benzene rings is 1. The Morgan fingerprint density at radius 2 is 1.84 bits per heavy atom. The van der Waals surface area contributed by atoms with E-state index in [0.717, 1.165) is 26.5 Å². The number of pyridine rings is 1. The molecular weight excluding hydrogens is 400 g/mol. The monoisotopic (exact) mass is 422 g/mol. The molecule has 0 N–H and O–H groups in total. The van der Waals surface area contributed by atoms with Gasteiger partial charge in [-0.15, -0.1) is 0 Å². The van der Waals surface area contributed by atoms with Gasteiger partial charge in [-0.25, -0.2) is 17.4 Å². The number of nitrogens with zero attached hydrogens (tertiary/aromatic N) is 2. The smallest absolute Gasteiger partial charge is 0.236 e. The van der Waals surface area contributed by atoms with Gasteiger partial charge in [0.15, 0.2) is 5.65 Å². The maximum atomic E-state index is 13.1. The van der Waals surface area contributed by atoms with Crippen molar-refractivity contribution in [3.05, 3.63) is 57.8 Å². The van der Waals surface area contributed by atoms with E-state index in [1.54, 1.807) is 18.5 Å². The SMILES string of the molecule is CC.CCc1cc(C)ccc1S(=O)(=O)n1cc(C)c2cc(Br)cnc21. The normalized spacial score (nSPS) is 11.3. The molecule has 0 aliphatic rings. The standard InChI is InChI=1S/C17H17BrN2O2S.C2H6/c1-4-13-7-11(2)5-6-16(13)23(21,22)20-10-12(3)15-8-14(18)9-19-17(15)20;1-2/h5-10H,4H2,1-3H3;1-2H3. The molecule has 134 valence electrons. The maximum absolute atomic E-state index is 13.1. The Morgan fingerprint density at radius 3 is 2.48 bits per heavy atom. The molecule has 3 aromatic rings. The Morgan fingerprint density at radius 1 is 1.16 bits per heavy atom. The minimum atomic E-state index is -3.68. The third kappa shape index (κ3) is 3.65. The van der Waals surface area contributed by atoms with Gasteiger partial charge >= 0.3 is 0 Å². The number of aromatic nitrogens is 2. The number of halogens is 1. The fourth-order valence-electron chi connectivity index (χ4n) is 2.73. The lowest BCUT2D eigenvalue weighted by atomic mass is 10.1. The van der Waals surface area contributed by atoms with E-state index >= 15 is 0 Å². The molecule has 0 radical (unpaired) electrons. The highest BCUT2D eigenvalue weighted by molar-refractivity contribution is 9.10. The average Bonchev–Trinajstić information content (AvgIpc) is 2.93. The van der Waals surface area contributed by atoms with Crippen LogP contribution in [0.4, 0.5) is 0 Å². The fourth-order valence-corrected chi connectivity index (χ4v) is 4.72. The zero-order valence-electron chi connectivity index (χ0n) is 15.2. The lowest BCUT2D eigenvalue weighted by Crippen LogP contribution is -2.14. The molecule has 0 bridgehead atoms. The van der Waals surface area contributed by atoms with Gasteiger partial charge in [0.05, 0.1) is 4.90 Å². The third-order valence-corrected chi connectivity index (χ3v) is 6.10. The number of hydrogen-bond donors (Lipinski definition) is 0. The second-order valence-electron chi connectivity index (χ2n) is 5.60. The summed E-state index contributed by atoms with van der Waals surface area (Å²) in [6.45, 7) is 9.81. The van der Waals surface area contributed by atoms with E-state index < -0.39 is 10.0 Å². The van der Waals surface area contributed by atoms with Gasteiger partial charge in [0.1, 0.15) is 0 Å². The van der Waals surface area contributed by atoms with Crippen LogP contribution in [-0.4, -0.2) is 17.4 Å². The van der Waals surface area contributed by atoms with Crippen LogP contribution in [0.15, 0.2) is 46.0 Å². The van der Waals surface area contributed by atoms with Crippen LogP contribution in [0.25, 0.3) is 11.0 Å². The Hall–Kier alpha value is -1.66. The van der Waals surface area contributed by atoms with Crippen molar-refractivity contribution in [3.63, 3.8) is 0 Å². The minimum Gasteiger partial charge on any atom is -0.236 e. The van der Waals surface area contributed by atoms with Crippen molar-refractivity contribution in [3.8, 4) is 0 Å². The van der Waals surface area contributed by atoms with Crippen LogP contribution in [0.2, 0.25) is 0 Å². The molecule has 0 atom stereocenters. The van der Waals surface area contributed by atoms with Crippen molar-refractivity contribution < 1.29 is 8.42 Å². The molecule has 0 saturated carbocycles. The zero-order chi connectivity index (χ0) is 18.8. The summed E-state index contributed by atoms with van der Waals surface area (Å²) in [5, 5.41) is 0.827. The van der Waals surface area contributed by atoms with Crippen LogP contribution in [0.1, 0.15) is 37.5 Å². The Balaban J connectivity index is 0.00000109. The summed E-state index contributed by atoms with van der Waals surface area (Å²) in [5.74, 6) is 0. The van der Waals surface area contributed by atoms with Crippen molar-refractivity contribution in [2.45, 2.75) is 45.9 Å². The van der Waals surface area contributed by atoms with Crippen LogP contribution < -0.4 is 0 Å². The lowest BCUT2D eigenvalue weighted by molar-refractivity contribution is 0.587. The van der Waals surface area contributed by atoms with Crippen molar-refractivity contribution in [2.75, 3.05) is 0 Å². The maximum Gasteiger partial charge on any atom is 0.269 e. The van der Waals surface area contributed by atoms with Crippen molar-refractivity contribution in [1.29, 1.82) is 0 Å². The first kappa shape index (κ1) is 19.7. The van der Waals surface area contributed by atoms with E-state index in [-0.39, 0.29) is 0 Å². The lowest BCUT2D eigenvalue weighted by Gasteiger charge is -2.11. The summed E-state index contributed by atoms with van der Waals surface area (Å²) in [4.78, 5) is 4.64. The predicted molar refractivity (Wildman–Crippen MR) is 107 cm³/mol. The summed E-state index contributed by atoms with van der Waals surface area (Å²) in [5.41, 5.74) is 3.20. The number of hydrogen-bond acceptors (Lipinski definition) is 3. The number of fused-ring (bicyclic) bond motifs is 1.